The van der Waals surface area contributed by atoms with Crippen LogP contribution in [0.25, 0.3) is 10.8 Å². The van der Waals surface area contributed by atoms with E-state index in [-0.39, 0.29) is 18.4 Å². The minimum absolute atomic E-state index is 0.242. The fraction of sp³-hybridized carbons (Fsp3) is 0.294. The number of carbonyl (C=O) groups excluding carboxylic acids is 2. The van der Waals surface area contributed by atoms with Crippen molar-refractivity contribution < 1.29 is 19.1 Å². The Bertz CT molecular complexity index is 675. The van der Waals surface area contributed by atoms with Crippen molar-refractivity contribution >= 4 is 22.6 Å². The maximum Gasteiger partial charge on any atom is 0.261 e. The number of methoxy groups -OCH3 is 1. The number of benzene rings is 2. The smallest absolute Gasteiger partial charge is 0.261 e. The minimum atomic E-state index is -0.260. The summed E-state index contributed by atoms with van der Waals surface area (Å²) in [7, 11) is 1.60. The molecule has 2 aromatic carbocycles. The first-order valence-corrected chi connectivity index (χ1v) is 7.18. The molecule has 1 aliphatic heterocycles. The molecule has 0 aromatic heterocycles. The second kappa shape index (κ2) is 6.25. The van der Waals surface area contributed by atoms with Gasteiger partial charge in [0.1, 0.15) is 0 Å². The van der Waals surface area contributed by atoms with E-state index in [1.54, 1.807) is 19.2 Å². The zero-order valence-corrected chi connectivity index (χ0v) is 12.4. The summed E-state index contributed by atoms with van der Waals surface area (Å²) in [5, 5.41) is 1.66. The van der Waals surface area contributed by atoms with Crippen molar-refractivity contribution in [1.29, 1.82) is 0 Å². The lowest BCUT2D eigenvalue weighted by molar-refractivity contribution is 0.0430. The third-order valence-electron chi connectivity index (χ3n) is 3.75. The fourth-order valence-electron chi connectivity index (χ4n) is 2.68. The molecule has 22 heavy (non-hydrogen) atoms. The summed E-state index contributed by atoms with van der Waals surface area (Å²) >= 11 is 0. The van der Waals surface area contributed by atoms with E-state index in [9.17, 15) is 9.59 Å². The van der Waals surface area contributed by atoms with Crippen LogP contribution >= 0.6 is 0 Å². The Morgan fingerprint density at radius 3 is 2.14 bits per heavy atom. The van der Waals surface area contributed by atoms with Crippen LogP contribution < -0.4 is 0 Å². The predicted molar refractivity (Wildman–Crippen MR) is 82.0 cm³/mol. The lowest BCUT2D eigenvalue weighted by Gasteiger charge is -2.27. The van der Waals surface area contributed by atoms with Crippen LogP contribution in [0.5, 0.6) is 0 Å². The van der Waals surface area contributed by atoms with Crippen LogP contribution in [-0.4, -0.2) is 50.2 Å². The van der Waals surface area contributed by atoms with Gasteiger partial charge in [0.2, 0.25) is 0 Å². The molecule has 1 heterocycles. The van der Waals surface area contributed by atoms with Gasteiger partial charge in [0, 0.05) is 23.6 Å². The lowest BCUT2D eigenvalue weighted by atomic mass is 9.94. The Hall–Kier alpha value is -2.24. The standard InChI is InChI=1S/C17H17NO4/c1-21-10-11-22-9-8-18-16(19)13-6-2-4-12-5-3-7-14(15(12)13)17(18)20/h2-7H,8-11H2,1H3. The molecule has 0 spiro atoms. The summed E-state index contributed by atoms with van der Waals surface area (Å²) in [4.78, 5) is 26.4. The first kappa shape index (κ1) is 14.7. The lowest BCUT2D eigenvalue weighted by Crippen LogP contribution is -2.42. The van der Waals surface area contributed by atoms with Gasteiger partial charge in [-0.3, -0.25) is 14.5 Å². The Kier molecular flexibility index (Phi) is 4.18. The van der Waals surface area contributed by atoms with Gasteiger partial charge in [-0.25, -0.2) is 0 Å². The molecule has 3 rings (SSSR count). The molecule has 0 N–H and O–H groups in total. The van der Waals surface area contributed by atoms with Crippen molar-refractivity contribution in [1.82, 2.24) is 4.90 Å². The van der Waals surface area contributed by atoms with Crippen molar-refractivity contribution in [2.24, 2.45) is 0 Å². The highest BCUT2D eigenvalue weighted by molar-refractivity contribution is 6.25. The molecule has 2 amide bonds. The molecule has 114 valence electrons. The van der Waals surface area contributed by atoms with Crippen LogP contribution in [0.3, 0.4) is 0 Å². The van der Waals surface area contributed by atoms with Gasteiger partial charge in [-0.1, -0.05) is 24.3 Å². The Balaban J connectivity index is 1.85. The average molecular weight is 299 g/mol. The summed E-state index contributed by atoms with van der Waals surface area (Å²) in [6.07, 6.45) is 0. The molecule has 5 nitrogen and oxygen atoms in total. The van der Waals surface area contributed by atoms with Crippen molar-refractivity contribution in [2.45, 2.75) is 0 Å². The van der Waals surface area contributed by atoms with E-state index >= 15 is 0 Å². The fourth-order valence-corrected chi connectivity index (χ4v) is 2.68. The van der Waals surface area contributed by atoms with Gasteiger partial charge in [-0.2, -0.15) is 0 Å². The summed E-state index contributed by atoms with van der Waals surface area (Å²) in [5.41, 5.74) is 1.15. The van der Waals surface area contributed by atoms with Gasteiger partial charge in [-0.05, 0) is 17.5 Å². The van der Waals surface area contributed by atoms with E-state index < -0.39 is 0 Å². The van der Waals surface area contributed by atoms with Crippen LogP contribution in [-0.2, 0) is 9.47 Å². The molecule has 0 unspecified atom stereocenters. The van der Waals surface area contributed by atoms with Crippen LogP contribution in [0, 0.1) is 0 Å². The van der Waals surface area contributed by atoms with E-state index in [4.69, 9.17) is 9.47 Å². The second-order valence-electron chi connectivity index (χ2n) is 5.08. The summed E-state index contributed by atoms with van der Waals surface area (Å²) in [5.74, 6) is -0.519. The second-order valence-corrected chi connectivity index (χ2v) is 5.08. The monoisotopic (exact) mass is 299 g/mol. The minimum Gasteiger partial charge on any atom is -0.382 e. The van der Waals surface area contributed by atoms with Crippen LogP contribution in [0.4, 0.5) is 0 Å². The highest BCUT2D eigenvalue weighted by atomic mass is 16.5. The first-order chi connectivity index (χ1) is 10.7. The zero-order valence-electron chi connectivity index (χ0n) is 12.4. The van der Waals surface area contributed by atoms with Gasteiger partial charge in [-0.15, -0.1) is 0 Å². The maximum absolute atomic E-state index is 12.6. The zero-order chi connectivity index (χ0) is 15.5. The van der Waals surface area contributed by atoms with E-state index in [0.717, 1.165) is 10.8 Å². The van der Waals surface area contributed by atoms with Crippen LogP contribution in [0.1, 0.15) is 20.7 Å². The molecule has 0 aliphatic carbocycles. The highest BCUT2D eigenvalue weighted by Gasteiger charge is 2.32. The summed E-state index contributed by atoms with van der Waals surface area (Å²) in [6, 6.07) is 11.0. The molecule has 2 aromatic rings. The van der Waals surface area contributed by atoms with Gasteiger partial charge < -0.3 is 9.47 Å². The Morgan fingerprint density at radius 2 is 1.55 bits per heavy atom. The molecule has 0 saturated heterocycles. The molecule has 0 fully saturated rings. The van der Waals surface area contributed by atoms with Crippen LogP contribution in [0.15, 0.2) is 36.4 Å². The molecule has 5 heteroatoms. The van der Waals surface area contributed by atoms with Gasteiger partial charge in [0.25, 0.3) is 11.8 Å². The van der Waals surface area contributed by atoms with Gasteiger partial charge in [0.15, 0.2) is 0 Å². The van der Waals surface area contributed by atoms with Crippen molar-refractivity contribution in [3.8, 4) is 0 Å². The Labute approximate surface area is 128 Å². The van der Waals surface area contributed by atoms with E-state index in [1.807, 2.05) is 24.3 Å². The number of hydrogen-bond donors (Lipinski definition) is 0. The number of ether oxygens (including phenoxy) is 2. The first-order valence-electron chi connectivity index (χ1n) is 7.18. The normalized spacial score (nSPS) is 14.0. The maximum atomic E-state index is 12.6. The molecule has 0 atom stereocenters. The number of amides is 2. The van der Waals surface area contributed by atoms with Crippen LogP contribution in [0.2, 0.25) is 0 Å². The van der Waals surface area contributed by atoms with Crippen molar-refractivity contribution in [3.05, 3.63) is 47.5 Å². The Morgan fingerprint density at radius 1 is 0.909 bits per heavy atom. The largest absolute Gasteiger partial charge is 0.382 e. The van der Waals surface area contributed by atoms with E-state index in [1.165, 1.54) is 4.90 Å². The topological polar surface area (TPSA) is 55.8 Å². The molecule has 1 aliphatic rings. The van der Waals surface area contributed by atoms with Gasteiger partial charge in [0.05, 0.1) is 26.4 Å². The summed E-state index contributed by atoms with van der Waals surface area (Å²) in [6.45, 7) is 1.48. The van der Waals surface area contributed by atoms with Crippen molar-refractivity contribution in [2.75, 3.05) is 33.5 Å². The molecule has 0 saturated carbocycles. The predicted octanol–water partition coefficient (Wildman–Crippen LogP) is 2.10. The number of imide groups is 1. The molecular formula is C17H17NO4. The molecule has 0 bridgehead atoms. The highest BCUT2D eigenvalue weighted by Crippen LogP contribution is 2.29. The molecular weight excluding hydrogens is 282 g/mol. The summed E-state index contributed by atoms with van der Waals surface area (Å²) < 4.78 is 10.3. The number of rotatable bonds is 6. The van der Waals surface area contributed by atoms with E-state index in [2.05, 4.69) is 0 Å². The number of hydrogen-bond acceptors (Lipinski definition) is 4. The molecule has 0 radical (unpaired) electrons. The van der Waals surface area contributed by atoms with Crippen molar-refractivity contribution in [3.63, 3.8) is 0 Å². The van der Waals surface area contributed by atoms with E-state index in [0.29, 0.717) is 30.9 Å². The third-order valence-corrected chi connectivity index (χ3v) is 3.75. The number of nitrogens with zero attached hydrogens (tertiary/aromatic N) is 1. The quantitative estimate of drug-likeness (QED) is 0.605. The SMILES string of the molecule is COCCOCCN1C(=O)c2cccc3cccc(c23)C1=O. The third kappa shape index (κ3) is 2.49. The number of carbonyl (C=O) groups is 2. The average Bonchev–Trinajstić information content (AvgIpc) is 2.55. The van der Waals surface area contributed by atoms with Gasteiger partial charge >= 0.3 is 0 Å².